The van der Waals surface area contributed by atoms with E-state index >= 15 is 0 Å². The molecule has 1 saturated carbocycles. The summed E-state index contributed by atoms with van der Waals surface area (Å²) in [6.45, 7) is 3.64. The van der Waals surface area contributed by atoms with Crippen LogP contribution in [-0.2, 0) is 16.4 Å². The molecule has 0 aromatic heterocycles. The van der Waals surface area contributed by atoms with E-state index in [2.05, 4.69) is 17.0 Å². The Hall–Kier alpha value is -1.07. The summed E-state index contributed by atoms with van der Waals surface area (Å²) in [5, 5.41) is 3.27. The van der Waals surface area contributed by atoms with Crippen LogP contribution in [0.1, 0.15) is 25.3 Å². The molecule has 0 spiro atoms. The van der Waals surface area contributed by atoms with Crippen molar-refractivity contribution in [3.63, 3.8) is 0 Å². The summed E-state index contributed by atoms with van der Waals surface area (Å²) in [6, 6.07) is 5.40. The van der Waals surface area contributed by atoms with E-state index in [1.807, 2.05) is 6.07 Å². The van der Waals surface area contributed by atoms with Crippen LogP contribution in [0, 0.1) is 11.8 Å². The third-order valence-corrected chi connectivity index (χ3v) is 5.56. The molecule has 19 heavy (non-hydrogen) atoms. The largest absolute Gasteiger partial charge is 0.385 e. The van der Waals surface area contributed by atoms with Gasteiger partial charge in [-0.15, -0.1) is 0 Å². The fourth-order valence-corrected chi connectivity index (χ4v) is 3.71. The molecule has 1 aliphatic carbocycles. The summed E-state index contributed by atoms with van der Waals surface area (Å²) in [4.78, 5) is 0.369. The molecule has 1 aromatic carbocycles. The van der Waals surface area contributed by atoms with Gasteiger partial charge in [0.15, 0.2) is 0 Å². The summed E-state index contributed by atoms with van der Waals surface area (Å²) in [5.74, 6) is 1.18. The van der Waals surface area contributed by atoms with E-state index in [9.17, 15) is 8.42 Å². The van der Waals surface area contributed by atoms with Crippen LogP contribution in [0.3, 0.4) is 0 Å². The van der Waals surface area contributed by atoms with Gasteiger partial charge in [0.2, 0.25) is 10.0 Å². The third-order valence-electron chi connectivity index (χ3n) is 4.14. The molecule has 0 radical (unpaired) electrons. The lowest BCUT2D eigenvalue weighted by molar-refractivity contribution is 0.574. The predicted octanol–water partition coefficient (Wildman–Crippen LogP) is 1.98. The average molecular weight is 280 g/mol. The zero-order valence-electron chi connectivity index (χ0n) is 11.1. The number of anilines is 1. The highest BCUT2D eigenvalue weighted by Crippen LogP contribution is 2.37. The van der Waals surface area contributed by atoms with Crippen LogP contribution in [0.25, 0.3) is 0 Å². The molecule has 2 N–H and O–H groups in total. The van der Waals surface area contributed by atoms with Crippen LogP contribution in [-0.4, -0.2) is 21.5 Å². The first-order valence-electron chi connectivity index (χ1n) is 6.93. The van der Waals surface area contributed by atoms with E-state index < -0.39 is 10.0 Å². The molecule has 1 heterocycles. The van der Waals surface area contributed by atoms with E-state index in [1.54, 1.807) is 12.1 Å². The van der Waals surface area contributed by atoms with Gasteiger partial charge in [-0.05, 0) is 48.8 Å². The standard InChI is InChI=1S/C14H20N2O2S/c1-10-7-12(10)9-16-19(17,18)13-5-4-11-3-2-6-15-14(11)8-13/h4-5,8,10,12,15-16H,2-3,6-7,9H2,1H3. The molecule has 2 unspecified atom stereocenters. The number of rotatable bonds is 4. The maximum absolute atomic E-state index is 12.2. The van der Waals surface area contributed by atoms with Crippen LogP contribution in [0.2, 0.25) is 0 Å². The SMILES string of the molecule is CC1CC1CNS(=O)(=O)c1ccc2c(c1)NCCC2. The molecular formula is C14H20N2O2S. The van der Waals surface area contributed by atoms with Crippen molar-refractivity contribution in [1.82, 2.24) is 4.72 Å². The lowest BCUT2D eigenvalue weighted by atomic mass is 10.0. The Bertz CT molecular complexity index is 583. The quantitative estimate of drug-likeness (QED) is 0.886. The molecule has 0 bridgehead atoms. The lowest BCUT2D eigenvalue weighted by Gasteiger charge is -2.18. The van der Waals surface area contributed by atoms with Gasteiger partial charge in [0.05, 0.1) is 4.90 Å². The minimum absolute atomic E-state index is 0.369. The van der Waals surface area contributed by atoms with E-state index in [1.165, 1.54) is 5.56 Å². The average Bonchev–Trinajstić information content (AvgIpc) is 3.12. The van der Waals surface area contributed by atoms with E-state index in [0.29, 0.717) is 23.3 Å². The van der Waals surface area contributed by atoms with Crippen LogP contribution in [0.15, 0.2) is 23.1 Å². The fraction of sp³-hybridized carbons (Fsp3) is 0.571. The van der Waals surface area contributed by atoms with Crippen LogP contribution in [0.5, 0.6) is 0 Å². The third kappa shape index (κ3) is 2.77. The lowest BCUT2D eigenvalue weighted by Crippen LogP contribution is -2.26. The first-order valence-corrected chi connectivity index (χ1v) is 8.41. The second kappa shape index (κ2) is 4.80. The number of sulfonamides is 1. The van der Waals surface area contributed by atoms with E-state index in [0.717, 1.165) is 31.5 Å². The molecule has 2 atom stereocenters. The summed E-state index contributed by atoms with van der Waals surface area (Å²) in [5.41, 5.74) is 2.18. The van der Waals surface area contributed by atoms with Crippen molar-refractivity contribution in [2.24, 2.45) is 11.8 Å². The molecular weight excluding hydrogens is 260 g/mol. The number of nitrogens with one attached hydrogen (secondary N) is 2. The predicted molar refractivity (Wildman–Crippen MR) is 75.7 cm³/mol. The van der Waals surface area contributed by atoms with Crippen LogP contribution >= 0.6 is 0 Å². The van der Waals surface area contributed by atoms with E-state index in [4.69, 9.17) is 0 Å². The van der Waals surface area contributed by atoms with Crippen LogP contribution in [0.4, 0.5) is 5.69 Å². The minimum atomic E-state index is -3.36. The van der Waals surface area contributed by atoms with Crippen molar-refractivity contribution < 1.29 is 8.42 Å². The molecule has 4 nitrogen and oxygen atoms in total. The van der Waals surface area contributed by atoms with Gasteiger partial charge in [-0.2, -0.15) is 0 Å². The Balaban J connectivity index is 1.76. The zero-order chi connectivity index (χ0) is 13.5. The highest BCUT2D eigenvalue weighted by molar-refractivity contribution is 7.89. The second-order valence-corrected chi connectivity index (χ2v) is 7.44. The first kappa shape index (κ1) is 12.9. The van der Waals surface area contributed by atoms with Gasteiger partial charge >= 0.3 is 0 Å². The van der Waals surface area contributed by atoms with Crippen molar-refractivity contribution >= 4 is 15.7 Å². The topological polar surface area (TPSA) is 58.2 Å². The van der Waals surface area contributed by atoms with Gasteiger partial charge in [0.25, 0.3) is 0 Å². The maximum Gasteiger partial charge on any atom is 0.240 e. The smallest absolute Gasteiger partial charge is 0.240 e. The Morgan fingerprint density at radius 3 is 2.95 bits per heavy atom. The van der Waals surface area contributed by atoms with Gasteiger partial charge in [0, 0.05) is 18.8 Å². The summed E-state index contributed by atoms with van der Waals surface area (Å²) in [6.07, 6.45) is 3.26. The number of fused-ring (bicyclic) bond motifs is 1. The Kier molecular flexibility index (Phi) is 3.27. The molecule has 0 saturated heterocycles. The second-order valence-electron chi connectivity index (χ2n) is 5.67. The fourth-order valence-electron chi connectivity index (χ4n) is 2.59. The van der Waals surface area contributed by atoms with Gasteiger partial charge in [-0.1, -0.05) is 13.0 Å². The maximum atomic E-state index is 12.2. The molecule has 1 aliphatic heterocycles. The number of aryl methyl sites for hydroxylation is 1. The molecule has 0 amide bonds. The summed E-state index contributed by atoms with van der Waals surface area (Å²) >= 11 is 0. The number of hydrogen-bond acceptors (Lipinski definition) is 3. The van der Waals surface area contributed by atoms with Crippen LogP contribution < -0.4 is 10.0 Å². The normalized spacial score (nSPS) is 25.5. The van der Waals surface area contributed by atoms with Gasteiger partial charge in [0.1, 0.15) is 0 Å². The number of hydrogen-bond donors (Lipinski definition) is 2. The van der Waals surface area contributed by atoms with Crippen molar-refractivity contribution in [2.75, 3.05) is 18.4 Å². The Morgan fingerprint density at radius 2 is 2.21 bits per heavy atom. The molecule has 3 rings (SSSR count). The molecule has 1 aromatic rings. The molecule has 5 heteroatoms. The van der Waals surface area contributed by atoms with E-state index in [-0.39, 0.29) is 0 Å². The van der Waals surface area contributed by atoms with Crippen molar-refractivity contribution in [3.05, 3.63) is 23.8 Å². The summed E-state index contributed by atoms with van der Waals surface area (Å²) < 4.78 is 27.2. The highest BCUT2D eigenvalue weighted by Gasteiger charge is 2.33. The summed E-state index contributed by atoms with van der Waals surface area (Å²) in [7, 11) is -3.36. The van der Waals surface area contributed by atoms with Crippen molar-refractivity contribution in [3.8, 4) is 0 Å². The van der Waals surface area contributed by atoms with Gasteiger partial charge < -0.3 is 5.32 Å². The van der Waals surface area contributed by atoms with Gasteiger partial charge in [-0.25, -0.2) is 13.1 Å². The minimum Gasteiger partial charge on any atom is -0.385 e. The van der Waals surface area contributed by atoms with Crippen molar-refractivity contribution in [1.29, 1.82) is 0 Å². The molecule has 104 valence electrons. The molecule has 1 fully saturated rings. The Labute approximate surface area is 114 Å². The zero-order valence-corrected chi connectivity index (χ0v) is 12.0. The first-order chi connectivity index (χ1) is 9.06. The molecule has 2 aliphatic rings. The van der Waals surface area contributed by atoms with Gasteiger partial charge in [-0.3, -0.25) is 0 Å². The number of benzene rings is 1. The van der Waals surface area contributed by atoms with Crippen molar-refractivity contribution in [2.45, 2.75) is 31.1 Å². The monoisotopic (exact) mass is 280 g/mol. The Morgan fingerprint density at radius 1 is 1.42 bits per heavy atom. The highest BCUT2D eigenvalue weighted by atomic mass is 32.2.